The van der Waals surface area contributed by atoms with E-state index in [1.165, 1.54) is 11.1 Å². The number of ether oxygens (including phenoxy) is 1. The van der Waals surface area contributed by atoms with Crippen molar-refractivity contribution in [1.29, 1.82) is 0 Å². The maximum absolute atomic E-state index is 11.3. The Labute approximate surface area is 128 Å². The first-order valence-electron chi connectivity index (χ1n) is 7.36. The van der Waals surface area contributed by atoms with Gasteiger partial charge in [0.15, 0.2) is 0 Å². The van der Waals surface area contributed by atoms with Gasteiger partial charge in [-0.3, -0.25) is 0 Å². The predicted molar refractivity (Wildman–Crippen MR) is 82.7 cm³/mol. The van der Waals surface area contributed by atoms with Crippen LogP contribution in [0.5, 0.6) is 0 Å². The van der Waals surface area contributed by atoms with Crippen molar-refractivity contribution >= 4 is 15.9 Å². The summed E-state index contributed by atoms with van der Waals surface area (Å²) in [5.41, 5.74) is 7.63. The predicted octanol–water partition coefficient (Wildman–Crippen LogP) is 2.42. The van der Waals surface area contributed by atoms with E-state index in [4.69, 9.17) is 10.5 Å². The zero-order valence-electron chi connectivity index (χ0n) is 11.7. The van der Waals surface area contributed by atoms with E-state index >= 15 is 0 Å². The number of hydrogen-bond acceptors (Lipinski definition) is 3. The molecule has 1 aliphatic heterocycles. The number of halogens is 1. The van der Waals surface area contributed by atoms with Gasteiger partial charge in [-0.2, -0.15) is 0 Å². The number of hydrogen-bond donors (Lipinski definition) is 2. The number of fused-ring (bicyclic) bond motifs is 1. The van der Waals surface area contributed by atoms with E-state index in [-0.39, 0.29) is 5.41 Å². The molecule has 3 N–H and O–H groups in total. The molecule has 1 saturated heterocycles. The largest absolute Gasteiger partial charge is 0.389 e. The Bertz CT molecular complexity index is 499. The van der Waals surface area contributed by atoms with Crippen molar-refractivity contribution < 1.29 is 9.84 Å². The molecule has 0 saturated carbocycles. The highest BCUT2D eigenvalue weighted by Gasteiger charge is 2.51. The van der Waals surface area contributed by atoms with Gasteiger partial charge in [0.1, 0.15) is 0 Å². The highest BCUT2D eigenvalue weighted by molar-refractivity contribution is 9.10. The van der Waals surface area contributed by atoms with Gasteiger partial charge >= 0.3 is 0 Å². The van der Waals surface area contributed by atoms with Crippen molar-refractivity contribution in [2.24, 2.45) is 11.1 Å². The molecule has 2 atom stereocenters. The molecule has 110 valence electrons. The lowest BCUT2D eigenvalue weighted by Gasteiger charge is -2.50. The van der Waals surface area contributed by atoms with Crippen LogP contribution in [-0.4, -0.2) is 30.5 Å². The lowest BCUT2D eigenvalue weighted by Crippen LogP contribution is -2.59. The zero-order chi connectivity index (χ0) is 14.2. The monoisotopic (exact) mass is 339 g/mol. The molecule has 3 rings (SSSR count). The molecular formula is C16H22BrNO2. The minimum absolute atomic E-state index is 0.282. The molecule has 0 aromatic heterocycles. The third kappa shape index (κ3) is 2.33. The van der Waals surface area contributed by atoms with E-state index in [1.54, 1.807) is 0 Å². The Balaban J connectivity index is 1.91. The van der Waals surface area contributed by atoms with Crippen LogP contribution in [0.2, 0.25) is 0 Å². The lowest BCUT2D eigenvalue weighted by atomic mass is 9.61. The Morgan fingerprint density at radius 3 is 2.85 bits per heavy atom. The standard InChI is InChI=1S/C16H22BrNO2/c17-14-3-2-13-9-16(19,6-4-12(13)8-14)15(10-18)5-1-7-20-11-15/h2-3,8,19H,1,4-7,9-11,18H2. The third-order valence-corrected chi connectivity index (χ3v) is 5.65. The van der Waals surface area contributed by atoms with Crippen LogP contribution in [0.4, 0.5) is 0 Å². The molecule has 20 heavy (non-hydrogen) atoms. The molecular weight excluding hydrogens is 318 g/mol. The molecule has 1 heterocycles. The Kier molecular flexibility index (Phi) is 3.93. The molecule has 4 heteroatoms. The van der Waals surface area contributed by atoms with E-state index in [2.05, 4.69) is 34.1 Å². The highest BCUT2D eigenvalue weighted by Crippen LogP contribution is 2.46. The van der Waals surface area contributed by atoms with Crippen LogP contribution in [0.3, 0.4) is 0 Å². The maximum Gasteiger partial charge on any atom is 0.0781 e. The van der Waals surface area contributed by atoms with E-state index in [9.17, 15) is 5.11 Å². The number of rotatable bonds is 2. The van der Waals surface area contributed by atoms with Crippen molar-refractivity contribution in [2.75, 3.05) is 19.8 Å². The normalized spacial score (nSPS) is 33.8. The summed E-state index contributed by atoms with van der Waals surface area (Å²) in [6.07, 6.45) is 4.33. The first kappa shape index (κ1) is 14.5. The van der Waals surface area contributed by atoms with Crippen LogP contribution in [0, 0.1) is 5.41 Å². The van der Waals surface area contributed by atoms with Crippen molar-refractivity contribution in [1.82, 2.24) is 0 Å². The van der Waals surface area contributed by atoms with Crippen molar-refractivity contribution in [3.05, 3.63) is 33.8 Å². The number of benzene rings is 1. The molecule has 1 fully saturated rings. The van der Waals surface area contributed by atoms with Gasteiger partial charge in [0.05, 0.1) is 12.2 Å². The highest BCUT2D eigenvalue weighted by atomic mass is 79.9. The summed E-state index contributed by atoms with van der Waals surface area (Å²) in [5, 5.41) is 11.3. The van der Waals surface area contributed by atoms with Gasteiger partial charge in [-0.1, -0.05) is 22.0 Å². The summed E-state index contributed by atoms with van der Waals surface area (Å²) in [4.78, 5) is 0. The molecule has 2 unspecified atom stereocenters. The molecule has 1 aromatic carbocycles. The average molecular weight is 340 g/mol. The Morgan fingerprint density at radius 1 is 1.30 bits per heavy atom. The maximum atomic E-state index is 11.3. The van der Waals surface area contributed by atoms with Crippen molar-refractivity contribution in [3.63, 3.8) is 0 Å². The minimum atomic E-state index is -0.733. The second-order valence-corrected chi connectivity index (χ2v) is 7.18. The van der Waals surface area contributed by atoms with Gasteiger partial charge in [0.25, 0.3) is 0 Å². The summed E-state index contributed by atoms with van der Waals surface area (Å²) in [7, 11) is 0. The fraction of sp³-hybridized carbons (Fsp3) is 0.625. The van der Waals surface area contributed by atoms with Crippen molar-refractivity contribution in [3.8, 4) is 0 Å². The smallest absolute Gasteiger partial charge is 0.0781 e. The first-order valence-corrected chi connectivity index (χ1v) is 8.15. The molecule has 1 aromatic rings. The van der Waals surface area contributed by atoms with Gasteiger partial charge in [-0.05, 0) is 48.9 Å². The van der Waals surface area contributed by atoms with Crippen LogP contribution in [0.25, 0.3) is 0 Å². The molecule has 0 amide bonds. The van der Waals surface area contributed by atoms with E-state index in [1.807, 2.05) is 0 Å². The fourth-order valence-electron chi connectivity index (χ4n) is 3.77. The van der Waals surface area contributed by atoms with Gasteiger partial charge in [0.2, 0.25) is 0 Å². The Hall–Kier alpha value is -0.420. The summed E-state index contributed by atoms with van der Waals surface area (Å²) in [6.45, 7) is 1.88. The topological polar surface area (TPSA) is 55.5 Å². The molecule has 1 aliphatic carbocycles. The summed E-state index contributed by atoms with van der Waals surface area (Å²) < 4.78 is 6.76. The van der Waals surface area contributed by atoms with Gasteiger partial charge in [0, 0.05) is 29.5 Å². The van der Waals surface area contributed by atoms with Crippen molar-refractivity contribution in [2.45, 2.75) is 37.7 Å². The van der Waals surface area contributed by atoms with Crippen LogP contribution in [0.15, 0.2) is 22.7 Å². The number of nitrogens with two attached hydrogens (primary N) is 1. The van der Waals surface area contributed by atoms with E-state index in [0.29, 0.717) is 19.6 Å². The summed E-state index contributed by atoms with van der Waals surface area (Å²) in [5.74, 6) is 0. The van der Waals surface area contributed by atoms with Gasteiger partial charge in [-0.25, -0.2) is 0 Å². The van der Waals surface area contributed by atoms with Crippen LogP contribution in [-0.2, 0) is 17.6 Å². The van der Waals surface area contributed by atoms with Gasteiger partial charge < -0.3 is 15.6 Å². The Morgan fingerprint density at radius 2 is 2.15 bits per heavy atom. The molecule has 0 radical (unpaired) electrons. The third-order valence-electron chi connectivity index (χ3n) is 5.16. The molecule has 0 bridgehead atoms. The van der Waals surface area contributed by atoms with Crippen LogP contribution < -0.4 is 5.73 Å². The quantitative estimate of drug-likeness (QED) is 0.869. The molecule has 2 aliphatic rings. The number of aliphatic hydroxyl groups is 1. The SMILES string of the molecule is NCC1(C2(O)CCc3cc(Br)ccc3C2)CCCOC1. The average Bonchev–Trinajstić information content (AvgIpc) is 2.48. The van der Waals surface area contributed by atoms with Crippen LogP contribution in [0.1, 0.15) is 30.4 Å². The first-order chi connectivity index (χ1) is 9.59. The van der Waals surface area contributed by atoms with E-state index in [0.717, 1.165) is 36.8 Å². The number of aryl methyl sites for hydroxylation is 1. The lowest BCUT2D eigenvalue weighted by molar-refractivity contribution is -0.149. The second-order valence-electron chi connectivity index (χ2n) is 6.26. The van der Waals surface area contributed by atoms with E-state index < -0.39 is 5.60 Å². The van der Waals surface area contributed by atoms with Crippen LogP contribution >= 0.6 is 15.9 Å². The fourth-order valence-corrected chi connectivity index (χ4v) is 4.18. The zero-order valence-corrected chi connectivity index (χ0v) is 13.3. The summed E-state index contributed by atoms with van der Waals surface area (Å²) in [6, 6.07) is 6.34. The minimum Gasteiger partial charge on any atom is -0.389 e. The molecule has 0 spiro atoms. The second kappa shape index (κ2) is 5.41. The van der Waals surface area contributed by atoms with Gasteiger partial charge in [-0.15, -0.1) is 0 Å². The summed E-state index contributed by atoms with van der Waals surface area (Å²) >= 11 is 3.52. The molecule has 3 nitrogen and oxygen atoms in total.